The Morgan fingerprint density at radius 3 is 2.36 bits per heavy atom. The highest BCUT2D eigenvalue weighted by Gasteiger charge is 2.41. The number of benzene rings is 1. The number of halogens is 1. The van der Waals surface area contributed by atoms with Crippen molar-refractivity contribution < 1.29 is 32.5 Å². The van der Waals surface area contributed by atoms with Gasteiger partial charge in [-0.2, -0.15) is 0 Å². The quantitative estimate of drug-likeness (QED) is 0.777. The largest absolute Gasteiger partial charge is 0.486 e. The van der Waals surface area contributed by atoms with E-state index in [2.05, 4.69) is 4.72 Å². The Morgan fingerprint density at radius 1 is 1.16 bits per heavy atom. The van der Waals surface area contributed by atoms with Gasteiger partial charge in [-0.25, -0.2) is 13.1 Å². The van der Waals surface area contributed by atoms with Gasteiger partial charge in [0.05, 0.1) is 10.4 Å². The molecule has 0 atom stereocenters. The van der Waals surface area contributed by atoms with E-state index in [1.54, 1.807) is 0 Å². The topological polar surface area (TPSA) is 111 Å². The molecule has 2 aliphatic rings. The lowest BCUT2D eigenvalue weighted by Crippen LogP contribution is -2.46. The Morgan fingerprint density at radius 2 is 1.76 bits per heavy atom. The van der Waals surface area contributed by atoms with E-state index in [1.807, 2.05) is 0 Å². The van der Waals surface area contributed by atoms with Crippen molar-refractivity contribution in [3.05, 3.63) is 17.2 Å². The van der Waals surface area contributed by atoms with Crippen LogP contribution in [-0.2, 0) is 19.6 Å². The average molecular weight is 392 g/mol. The minimum atomic E-state index is -4.02. The molecule has 0 saturated carbocycles. The zero-order chi connectivity index (χ0) is 18.1. The fourth-order valence-electron chi connectivity index (χ4n) is 2.79. The molecule has 3 rings (SSSR count). The Kier molecular flexibility index (Phi) is 5.10. The predicted octanol–water partition coefficient (Wildman–Crippen LogP) is 1.27. The molecule has 10 heteroatoms. The van der Waals surface area contributed by atoms with Gasteiger partial charge in [0.2, 0.25) is 10.0 Å². The highest BCUT2D eigenvalue weighted by Crippen LogP contribution is 2.37. The van der Waals surface area contributed by atoms with Gasteiger partial charge in [-0.05, 0) is 12.8 Å². The molecule has 2 heterocycles. The summed E-state index contributed by atoms with van der Waals surface area (Å²) in [6, 6.07) is 2.67. The van der Waals surface area contributed by atoms with Crippen LogP contribution in [0.1, 0.15) is 12.8 Å². The highest BCUT2D eigenvalue weighted by molar-refractivity contribution is 7.89. The van der Waals surface area contributed by atoms with Crippen molar-refractivity contribution in [1.82, 2.24) is 4.72 Å². The highest BCUT2D eigenvalue weighted by atomic mass is 35.5. The monoisotopic (exact) mass is 391 g/mol. The van der Waals surface area contributed by atoms with Crippen molar-refractivity contribution >= 4 is 27.6 Å². The van der Waals surface area contributed by atoms with Gasteiger partial charge < -0.3 is 19.3 Å². The second-order valence-electron chi connectivity index (χ2n) is 5.95. The lowest BCUT2D eigenvalue weighted by molar-refractivity contribution is -0.154. The zero-order valence-corrected chi connectivity index (χ0v) is 14.9. The number of aliphatic carboxylic acids is 1. The van der Waals surface area contributed by atoms with E-state index >= 15 is 0 Å². The molecule has 0 spiro atoms. The van der Waals surface area contributed by atoms with Crippen LogP contribution in [0.4, 0.5) is 0 Å². The molecule has 138 valence electrons. The average Bonchev–Trinajstić information content (AvgIpc) is 2.60. The smallest absolute Gasteiger partial charge is 0.311 e. The SMILES string of the molecule is O=C(O)C1(CNS(=O)(=O)c2cc3c(cc2Cl)OCCO3)CCOCC1. The van der Waals surface area contributed by atoms with Gasteiger partial charge in [0.25, 0.3) is 0 Å². The molecule has 1 fully saturated rings. The molecule has 2 N–H and O–H groups in total. The molecular formula is C15H18ClNO7S. The molecule has 0 aromatic heterocycles. The normalized spacial score (nSPS) is 19.4. The summed E-state index contributed by atoms with van der Waals surface area (Å²) >= 11 is 6.07. The molecule has 25 heavy (non-hydrogen) atoms. The van der Waals surface area contributed by atoms with Gasteiger partial charge in [0.1, 0.15) is 18.1 Å². The minimum Gasteiger partial charge on any atom is -0.486 e. The summed E-state index contributed by atoms with van der Waals surface area (Å²) in [7, 11) is -4.02. The van der Waals surface area contributed by atoms with E-state index in [0.29, 0.717) is 19.0 Å². The van der Waals surface area contributed by atoms with E-state index < -0.39 is 21.4 Å². The number of hydrogen-bond acceptors (Lipinski definition) is 6. The second-order valence-corrected chi connectivity index (χ2v) is 8.09. The second kappa shape index (κ2) is 6.99. The maximum absolute atomic E-state index is 12.6. The fourth-order valence-corrected chi connectivity index (χ4v) is 4.45. The van der Waals surface area contributed by atoms with Crippen molar-refractivity contribution in [2.75, 3.05) is 33.0 Å². The van der Waals surface area contributed by atoms with Crippen LogP contribution in [0.2, 0.25) is 5.02 Å². The van der Waals surface area contributed by atoms with Crippen LogP contribution in [0.25, 0.3) is 0 Å². The van der Waals surface area contributed by atoms with Gasteiger partial charge in [-0.15, -0.1) is 0 Å². The summed E-state index contributed by atoms with van der Waals surface area (Å²) in [5.74, 6) is -0.386. The molecule has 2 aliphatic heterocycles. The Hall–Kier alpha value is -1.55. The first-order valence-corrected chi connectivity index (χ1v) is 9.60. The maximum atomic E-state index is 12.6. The van der Waals surface area contributed by atoms with E-state index in [1.165, 1.54) is 12.1 Å². The third-order valence-electron chi connectivity index (χ3n) is 4.39. The zero-order valence-electron chi connectivity index (χ0n) is 13.3. The standard InChI is InChI=1S/C15H18ClNO7S/c16-10-7-11-12(24-6-5-23-11)8-13(10)25(20,21)17-9-15(14(18)19)1-3-22-4-2-15/h7-8,17H,1-6,9H2,(H,18,19). The first kappa shape index (κ1) is 18.2. The third kappa shape index (κ3) is 3.69. The molecule has 0 aliphatic carbocycles. The van der Waals surface area contributed by atoms with Crippen molar-refractivity contribution in [2.45, 2.75) is 17.7 Å². The molecular weight excluding hydrogens is 374 g/mol. The number of fused-ring (bicyclic) bond motifs is 1. The molecule has 0 radical (unpaired) electrons. The van der Waals surface area contributed by atoms with Crippen LogP contribution in [0, 0.1) is 5.41 Å². The number of sulfonamides is 1. The van der Waals surface area contributed by atoms with E-state index in [4.69, 9.17) is 25.8 Å². The molecule has 0 bridgehead atoms. The number of carbonyl (C=O) groups is 1. The van der Waals surface area contributed by atoms with Gasteiger partial charge in [-0.1, -0.05) is 11.6 Å². The Balaban J connectivity index is 1.83. The molecule has 8 nitrogen and oxygen atoms in total. The van der Waals surface area contributed by atoms with Crippen molar-refractivity contribution in [2.24, 2.45) is 5.41 Å². The number of carboxylic acid groups (broad SMARTS) is 1. The van der Waals surface area contributed by atoms with Crippen LogP contribution in [0.3, 0.4) is 0 Å². The summed E-state index contributed by atoms with van der Waals surface area (Å²) in [4.78, 5) is 11.5. The maximum Gasteiger partial charge on any atom is 0.311 e. The summed E-state index contributed by atoms with van der Waals surface area (Å²) in [6.07, 6.45) is 0.472. The summed E-state index contributed by atoms with van der Waals surface area (Å²) in [5.41, 5.74) is -1.19. The van der Waals surface area contributed by atoms with Gasteiger partial charge in [0.15, 0.2) is 11.5 Å². The van der Waals surface area contributed by atoms with Crippen LogP contribution in [-0.4, -0.2) is 52.5 Å². The van der Waals surface area contributed by atoms with Crippen molar-refractivity contribution in [3.8, 4) is 11.5 Å². The van der Waals surface area contributed by atoms with E-state index in [0.717, 1.165) is 0 Å². The predicted molar refractivity (Wildman–Crippen MR) is 87.8 cm³/mol. The first-order valence-electron chi connectivity index (χ1n) is 7.74. The molecule has 0 amide bonds. The summed E-state index contributed by atoms with van der Waals surface area (Å²) in [5, 5.41) is 9.50. The molecule has 1 aromatic rings. The summed E-state index contributed by atoms with van der Waals surface area (Å²) < 4.78 is 43.5. The van der Waals surface area contributed by atoms with Gasteiger partial charge >= 0.3 is 5.97 Å². The molecule has 0 unspecified atom stereocenters. The van der Waals surface area contributed by atoms with Crippen LogP contribution in [0.15, 0.2) is 17.0 Å². The number of hydrogen-bond donors (Lipinski definition) is 2. The van der Waals surface area contributed by atoms with Gasteiger partial charge in [-0.3, -0.25) is 4.79 Å². The Bertz CT molecular complexity index is 774. The van der Waals surface area contributed by atoms with Crippen molar-refractivity contribution in [1.29, 1.82) is 0 Å². The number of ether oxygens (including phenoxy) is 3. The number of carboxylic acids is 1. The summed E-state index contributed by atoms with van der Waals surface area (Å²) in [6.45, 7) is 0.983. The lowest BCUT2D eigenvalue weighted by Gasteiger charge is -2.33. The minimum absolute atomic E-state index is 0.0203. The van der Waals surface area contributed by atoms with Crippen molar-refractivity contribution in [3.63, 3.8) is 0 Å². The van der Waals surface area contributed by atoms with Gasteiger partial charge in [0, 0.05) is 31.9 Å². The van der Waals surface area contributed by atoms with E-state index in [-0.39, 0.29) is 48.3 Å². The van der Waals surface area contributed by atoms with Crippen LogP contribution >= 0.6 is 11.6 Å². The molecule has 1 aromatic carbocycles. The first-order chi connectivity index (χ1) is 11.8. The Labute approximate surface area is 150 Å². The number of nitrogens with one attached hydrogen (secondary N) is 1. The van der Waals surface area contributed by atoms with Crippen LogP contribution in [0.5, 0.6) is 11.5 Å². The molecule has 1 saturated heterocycles. The number of rotatable bonds is 5. The van der Waals surface area contributed by atoms with E-state index in [9.17, 15) is 18.3 Å². The fraction of sp³-hybridized carbons (Fsp3) is 0.533. The van der Waals surface area contributed by atoms with Crippen LogP contribution < -0.4 is 14.2 Å². The third-order valence-corrected chi connectivity index (χ3v) is 6.26. The lowest BCUT2D eigenvalue weighted by atomic mass is 9.80.